The minimum atomic E-state index is -3.75. The maximum atomic E-state index is 13.2. The largest absolute Gasteiger partial charge is 0.314 e. The Morgan fingerprint density at radius 2 is 1.93 bits per heavy atom. The van der Waals surface area contributed by atoms with Gasteiger partial charge in [-0.2, -0.15) is 4.31 Å². The summed E-state index contributed by atoms with van der Waals surface area (Å²) >= 11 is 0. The molecule has 2 fully saturated rings. The van der Waals surface area contributed by atoms with Crippen LogP contribution in [-0.4, -0.2) is 48.3 Å². The number of piperidine rings is 1. The van der Waals surface area contributed by atoms with Gasteiger partial charge in [-0.05, 0) is 56.3 Å². The van der Waals surface area contributed by atoms with Crippen LogP contribution >= 0.6 is 0 Å². The van der Waals surface area contributed by atoms with Gasteiger partial charge in [-0.15, -0.1) is 0 Å². The van der Waals surface area contributed by atoms with Gasteiger partial charge >= 0.3 is 0 Å². The van der Waals surface area contributed by atoms with Crippen molar-refractivity contribution >= 4 is 26.6 Å². The summed E-state index contributed by atoms with van der Waals surface area (Å²) in [5, 5.41) is 15.0. The van der Waals surface area contributed by atoms with Crippen LogP contribution < -0.4 is 5.32 Å². The van der Waals surface area contributed by atoms with Gasteiger partial charge in [0.05, 0.1) is 15.8 Å². The molecule has 1 N–H and O–H groups in total. The molecule has 9 heteroatoms. The number of non-ortho nitro benzene ring substituents is 1. The average molecular weight is 390 g/mol. The molecule has 4 rings (SSSR count). The molecule has 0 amide bonds. The molecule has 0 spiro atoms. The third-order valence-corrected chi connectivity index (χ3v) is 7.30. The maximum absolute atomic E-state index is 13.2. The van der Waals surface area contributed by atoms with E-state index in [1.165, 1.54) is 41.5 Å². The summed E-state index contributed by atoms with van der Waals surface area (Å²) in [6, 6.07) is 6.01. The first-order valence-electron chi connectivity index (χ1n) is 9.22. The summed E-state index contributed by atoms with van der Waals surface area (Å²) in [7, 11) is -3.75. The number of pyridine rings is 1. The molecule has 2 aliphatic rings. The normalized spacial score (nSPS) is 19.4. The van der Waals surface area contributed by atoms with Crippen LogP contribution in [-0.2, 0) is 10.0 Å². The van der Waals surface area contributed by atoms with E-state index >= 15 is 0 Å². The van der Waals surface area contributed by atoms with E-state index < -0.39 is 14.9 Å². The third kappa shape index (κ3) is 3.67. The summed E-state index contributed by atoms with van der Waals surface area (Å²) in [5.41, 5.74) is 0.0146. The minimum Gasteiger partial charge on any atom is -0.314 e. The molecule has 27 heavy (non-hydrogen) atoms. The molecule has 1 aliphatic heterocycles. The second kappa shape index (κ2) is 7.14. The first-order chi connectivity index (χ1) is 13.0. The Balaban J connectivity index is 1.57. The van der Waals surface area contributed by atoms with Crippen LogP contribution in [0.1, 0.15) is 25.7 Å². The molecule has 1 aromatic heterocycles. The van der Waals surface area contributed by atoms with Gasteiger partial charge < -0.3 is 5.32 Å². The Bertz CT molecular complexity index is 966. The molecule has 2 aromatic rings. The Labute approximate surface area is 157 Å². The molecule has 1 saturated heterocycles. The van der Waals surface area contributed by atoms with E-state index in [0.717, 1.165) is 25.3 Å². The van der Waals surface area contributed by atoms with E-state index in [4.69, 9.17) is 0 Å². The summed E-state index contributed by atoms with van der Waals surface area (Å²) < 4.78 is 27.8. The lowest BCUT2D eigenvalue weighted by atomic mass is 10.1. The number of hydrogen-bond donors (Lipinski definition) is 1. The SMILES string of the molecule is O=[N+]([O-])c1ccc(S(=O)(=O)N2CCC(NCC3CC3)CC2)c2ncccc12. The highest BCUT2D eigenvalue weighted by molar-refractivity contribution is 7.89. The summed E-state index contributed by atoms with van der Waals surface area (Å²) in [5.74, 6) is 0.796. The van der Waals surface area contributed by atoms with Crippen molar-refractivity contribution in [3.8, 4) is 0 Å². The monoisotopic (exact) mass is 390 g/mol. The van der Waals surface area contributed by atoms with Gasteiger partial charge in [-0.25, -0.2) is 8.42 Å². The first-order valence-corrected chi connectivity index (χ1v) is 10.7. The van der Waals surface area contributed by atoms with Crippen molar-refractivity contribution in [3.05, 3.63) is 40.6 Å². The van der Waals surface area contributed by atoms with Crippen LogP contribution in [0.3, 0.4) is 0 Å². The topological polar surface area (TPSA) is 105 Å². The minimum absolute atomic E-state index is 0.0353. The van der Waals surface area contributed by atoms with E-state index in [2.05, 4.69) is 10.3 Å². The van der Waals surface area contributed by atoms with Crippen LogP contribution in [0.25, 0.3) is 10.9 Å². The zero-order valence-corrected chi connectivity index (χ0v) is 15.7. The predicted molar refractivity (Wildman–Crippen MR) is 101 cm³/mol. The lowest BCUT2D eigenvalue weighted by Crippen LogP contribution is -2.45. The smallest absolute Gasteiger partial charge is 0.278 e. The second-order valence-electron chi connectivity index (χ2n) is 7.27. The fraction of sp³-hybridized carbons (Fsp3) is 0.500. The van der Waals surface area contributed by atoms with E-state index in [1.807, 2.05) is 0 Å². The highest BCUT2D eigenvalue weighted by Crippen LogP contribution is 2.32. The van der Waals surface area contributed by atoms with Gasteiger partial charge in [-0.1, -0.05) is 0 Å². The van der Waals surface area contributed by atoms with E-state index in [1.54, 1.807) is 6.07 Å². The van der Waals surface area contributed by atoms with Crippen molar-refractivity contribution in [3.63, 3.8) is 0 Å². The number of aromatic nitrogens is 1. The van der Waals surface area contributed by atoms with Crippen molar-refractivity contribution < 1.29 is 13.3 Å². The molecular weight excluding hydrogens is 368 g/mol. The summed E-state index contributed by atoms with van der Waals surface area (Å²) in [6.07, 6.45) is 5.58. The average Bonchev–Trinajstić information content (AvgIpc) is 3.50. The molecular formula is C18H22N4O4S. The molecule has 8 nitrogen and oxygen atoms in total. The van der Waals surface area contributed by atoms with Gasteiger partial charge in [0.2, 0.25) is 10.0 Å². The quantitative estimate of drug-likeness (QED) is 0.599. The predicted octanol–water partition coefficient (Wildman–Crippen LogP) is 2.30. The van der Waals surface area contributed by atoms with Gasteiger partial charge in [0.1, 0.15) is 4.90 Å². The zero-order chi connectivity index (χ0) is 19.0. The second-order valence-corrected chi connectivity index (χ2v) is 9.18. The highest BCUT2D eigenvalue weighted by atomic mass is 32.2. The Kier molecular flexibility index (Phi) is 4.83. The van der Waals surface area contributed by atoms with Gasteiger partial charge in [0, 0.05) is 31.4 Å². The molecule has 2 heterocycles. The first kappa shape index (κ1) is 18.3. The Morgan fingerprint density at radius 3 is 2.59 bits per heavy atom. The number of rotatable bonds is 6. The number of benzene rings is 1. The Hall–Kier alpha value is -2.10. The lowest BCUT2D eigenvalue weighted by Gasteiger charge is -2.32. The fourth-order valence-electron chi connectivity index (χ4n) is 3.59. The molecule has 0 radical (unpaired) electrons. The molecule has 1 aliphatic carbocycles. The van der Waals surface area contributed by atoms with Crippen molar-refractivity contribution in [2.24, 2.45) is 5.92 Å². The van der Waals surface area contributed by atoms with Crippen LogP contribution in [0.15, 0.2) is 35.4 Å². The van der Waals surface area contributed by atoms with E-state index in [9.17, 15) is 18.5 Å². The van der Waals surface area contributed by atoms with Crippen molar-refractivity contribution in [2.75, 3.05) is 19.6 Å². The molecule has 144 valence electrons. The number of nitro benzene ring substituents is 1. The zero-order valence-electron chi connectivity index (χ0n) is 14.9. The molecule has 1 saturated carbocycles. The van der Waals surface area contributed by atoms with E-state index in [0.29, 0.717) is 19.1 Å². The van der Waals surface area contributed by atoms with Crippen molar-refractivity contribution in [1.29, 1.82) is 0 Å². The summed E-state index contributed by atoms with van der Waals surface area (Å²) in [6.45, 7) is 1.90. The Morgan fingerprint density at radius 1 is 1.19 bits per heavy atom. The molecule has 0 bridgehead atoms. The number of nitrogens with one attached hydrogen (secondary N) is 1. The van der Waals surface area contributed by atoms with Crippen LogP contribution in [0, 0.1) is 16.0 Å². The number of sulfonamides is 1. The number of hydrogen-bond acceptors (Lipinski definition) is 6. The third-order valence-electron chi connectivity index (χ3n) is 5.37. The van der Waals surface area contributed by atoms with E-state index in [-0.39, 0.29) is 21.5 Å². The van der Waals surface area contributed by atoms with Gasteiger partial charge in [0.15, 0.2) is 0 Å². The number of nitrogens with zero attached hydrogens (tertiary/aromatic N) is 3. The summed E-state index contributed by atoms with van der Waals surface area (Å²) in [4.78, 5) is 14.9. The highest BCUT2D eigenvalue weighted by Gasteiger charge is 2.32. The molecule has 1 aromatic carbocycles. The molecule has 0 unspecified atom stereocenters. The van der Waals surface area contributed by atoms with Crippen molar-refractivity contribution in [2.45, 2.75) is 36.6 Å². The van der Waals surface area contributed by atoms with Crippen molar-refractivity contribution in [1.82, 2.24) is 14.6 Å². The maximum Gasteiger partial charge on any atom is 0.278 e. The van der Waals surface area contributed by atoms with Gasteiger partial charge in [0.25, 0.3) is 5.69 Å². The molecule has 0 atom stereocenters. The fourth-order valence-corrected chi connectivity index (χ4v) is 5.21. The lowest BCUT2D eigenvalue weighted by molar-refractivity contribution is -0.383. The van der Waals surface area contributed by atoms with Crippen LogP contribution in [0.2, 0.25) is 0 Å². The van der Waals surface area contributed by atoms with Gasteiger partial charge in [-0.3, -0.25) is 15.1 Å². The van der Waals surface area contributed by atoms with Crippen LogP contribution in [0.4, 0.5) is 5.69 Å². The van der Waals surface area contributed by atoms with Crippen LogP contribution in [0.5, 0.6) is 0 Å². The standard InChI is InChI=1S/C18H22N4O4S/c23-22(24)16-5-6-17(18-15(16)2-1-9-19-18)27(25,26)21-10-7-14(8-11-21)20-12-13-3-4-13/h1-2,5-6,9,13-14,20H,3-4,7-8,10-12H2. The number of fused-ring (bicyclic) bond motifs is 1. The number of nitro groups is 1.